The summed E-state index contributed by atoms with van der Waals surface area (Å²) >= 11 is 1.54. The fourth-order valence-corrected chi connectivity index (χ4v) is 4.89. The molecule has 0 aromatic heterocycles. The van der Waals surface area contributed by atoms with E-state index in [9.17, 15) is 13.2 Å². The van der Waals surface area contributed by atoms with Gasteiger partial charge in [0.15, 0.2) is 5.17 Å². The first-order chi connectivity index (χ1) is 14.5. The normalized spacial score (nSPS) is 15.5. The topological polar surface area (TPSA) is 88.1 Å². The maximum Gasteiger partial charge on any atom is 0.240 e. The first kappa shape index (κ1) is 22.3. The lowest BCUT2D eigenvalue weighted by molar-refractivity contribution is -0.126. The standard InChI is InChI=1S/C21H25N3O4S2/c1-2-28-18-8-10-19(11-9-18)30(26,27)23-13-12-20(25)24-14-15-29-21(24)22-16-17-6-4-3-5-7-17/h3-11,23H,2,12-16H2,1H3. The Labute approximate surface area is 181 Å². The number of thioether (sulfide) groups is 1. The maximum absolute atomic E-state index is 12.6. The predicted molar refractivity (Wildman–Crippen MR) is 119 cm³/mol. The van der Waals surface area contributed by atoms with Gasteiger partial charge in [-0.2, -0.15) is 0 Å². The first-order valence-electron chi connectivity index (χ1n) is 9.73. The Bertz CT molecular complexity index is 977. The van der Waals surface area contributed by atoms with Crippen LogP contribution in [-0.2, 0) is 21.4 Å². The molecule has 9 heteroatoms. The highest BCUT2D eigenvalue weighted by atomic mass is 32.2. The highest BCUT2D eigenvalue weighted by Gasteiger charge is 2.25. The van der Waals surface area contributed by atoms with Crippen LogP contribution in [0.5, 0.6) is 5.75 Å². The van der Waals surface area contributed by atoms with Crippen LogP contribution < -0.4 is 9.46 Å². The second-order valence-corrected chi connectivity index (χ2v) is 9.36. The average molecular weight is 448 g/mol. The molecule has 1 aliphatic heterocycles. The van der Waals surface area contributed by atoms with E-state index in [1.54, 1.807) is 28.8 Å². The number of sulfonamides is 1. The molecule has 1 fully saturated rings. The Kier molecular flexibility index (Phi) is 7.89. The Morgan fingerprint density at radius 1 is 1.17 bits per heavy atom. The molecule has 0 radical (unpaired) electrons. The molecule has 1 heterocycles. The molecule has 0 atom stereocenters. The predicted octanol–water partition coefficient (Wildman–Crippen LogP) is 2.89. The fourth-order valence-electron chi connectivity index (χ4n) is 2.90. The van der Waals surface area contributed by atoms with Gasteiger partial charge in [-0.3, -0.25) is 14.7 Å². The number of carbonyl (C=O) groups excluding carboxylic acids is 1. The number of hydrogen-bond acceptors (Lipinski definition) is 6. The molecule has 1 amide bonds. The van der Waals surface area contributed by atoms with Crippen molar-refractivity contribution in [2.45, 2.75) is 24.8 Å². The minimum Gasteiger partial charge on any atom is -0.494 e. The summed E-state index contributed by atoms with van der Waals surface area (Å²) in [6.45, 7) is 3.50. The molecule has 30 heavy (non-hydrogen) atoms. The number of aliphatic imine (C=N–C) groups is 1. The number of ether oxygens (including phenoxy) is 1. The molecule has 2 aromatic rings. The average Bonchev–Trinajstić information content (AvgIpc) is 3.22. The van der Waals surface area contributed by atoms with Crippen molar-refractivity contribution < 1.29 is 17.9 Å². The molecule has 3 rings (SSSR count). The number of amidine groups is 1. The largest absolute Gasteiger partial charge is 0.494 e. The van der Waals surface area contributed by atoms with Gasteiger partial charge in [0.2, 0.25) is 15.9 Å². The lowest BCUT2D eigenvalue weighted by atomic mass is 10.2. The van der Waals surface area contributed by atoms with Crippen molar-refractivity contribution in [2.75, 3.05) is 25.4 Å². The zero-order chi connectivity index (χ0) is 21.4. The molecule has 1 saturated heterocycles. The lowest BCUT2D eigenvalue weighted by Gasteiger charge is -2.16. The second-order valence-electron chi connectivity index (χ2n) is 6.53. The van der Waals surface area contributed by atoms with Crippen molar-refractivity contribution in [1.29, 1.82) is 0 Å². The van der Waals surface area contributed by atoms with Gasteiger partial charge in [0.05, 0.1) is 18.0 Å². The molecule has 7 nitrogen and oxygen atoms in total. The van der Waals surface area contributed by atoms with Crippen LogP contribution in [0.3, 0.4) is 0 Å². The number of nitrogens with zero attached hydrogens (tertiary/aromatic N) is 2. The minimum absolute atomic E-state index is 0.0293. The fraction of sp³-hybridized carbons (Fsp3) is 0.333. The summed E-state index contributed by atoms with van der Waals surface area (Å²) < 4.78 is 32.7. The van der Waals surface area contributed by atoms with Crippen LogP contribution in [-0.4, -0.2) is 49.8 Å². The van der Waals surface area contributed by atoms with Gasteiger partial charge in [-0.15, -0.1) is 0 Å². The van der Waals surface area contributed by atoms with Crippen LogP contribution in [0.2, 0.25) is 0 Å². The van der Waals surface area contributed by atoms with E-state index in [0.717, 1.165) is 11.3 Å². The molecule has 0 unspecified atom stereocenters. The van der Waals surface area contributed by atoms with E-state index in [0.29, 0.717) is 30.6 Å². The van der Waals surface area contributed by atoms with Gasteiger partial charge in [-0.05, 0) is 36.8 Å². The Morgan fingerprint density at radius 3 is 2.60 bits per heavy atom. The van der Waals surface area contributed by atoms with Gasteiger partial charge >= 0.3 is 0 Å². The highest BCUT2D eigenvalue weighted by molar-refractivity contribution is 8.14. The third-order valence-corrected chi connectivity index (χ3v) is 6.87. The van der Waals surface area contributed by atoms with Crippen molar-refractivity contribution in [3.05, 3.63) is 60.2 Å². The molecular formula is C21H25N3O4S2. The van der Waals surface area contributed by atoms with Crippen LogP contribution in [0.25, 0.3) is 0 Å². The Hall–Kier alpha value is -2.36. The van der Waals surface area contributed by atoms with Crippen LogP contribution in [0.15, 0.2) is 64.5 Å². The highest BCUT2D eigenvalue weighted by Crippen LogP contribution is 2.20. The summed E-state index contributed by atoms with van der Waals surface area (Å²) in [7, 11) is -3.68. The molecule has 1 N–H and O–H groups in total. The number of benzene rings is 2. The Balaban J connectivity index is 1.52. The van der Waals surface area contributed by atoms with E-state index in [4.69, 9.17) is 4.74 Å². The van der Waals surface area contributed by atoms with Gasteiger partial charge in [-0.25, -0.2) is 13.1 Å². The van der Waals surface area contributed by atoms with E-state index >= 15 is 0 Å². The Morgan fingerprint density at radius 2 is 1.90 bits per heavy atom. The van der Waals surface area contributed by atoms with Crippen LogP contribution >= 0.6 is 11.8 Å². The molecular weight excluding hydrogens is 422 g/mol. The number of carbonyl (C=O) groups is 1. The third-order valence-electron chi connectivity index (χ3n) is 4.39. The SMILES string of the molecule is CCOc1ccc(S(=O)(=O)NCCC(=O)N2CCSC2=NCc2ccccc2)cc1. The van der Waals surface area contributed by atoms with Gasteiger partial charge in [0.25, 0.3) is 0 Å². The number of amides is 1. The summed E-state index contributed by atoms with van der Waals surface area (Å²) in [4.78, 5) is 18.9. The zero-order valence-corrected chi connectivity index (χ0v) is 18.4. The number of rotatable bonds is 9. The van der Waals surface area contributed by atoms with Crippen molar-refractivity contribution in [3.63, 3.8) is 0 Å². The summed E-state index contributed by atoms with van der Waals surface area (Å²) in [5, 5.41) is 0.693. The van der Waals surface area contributed by atoms with Gasteiger partial charge < -0.3 is 4.74 Å². The third kappa shape index (κ3) is 6.07. The van der Waals surface area contributed by atoms with E-state index in [1.165, 1.54) is 12.1 Å². The molecule has 0 aliphatic carbocycles. The van der Waals surface area contributed by atoms with Gasteiger partial charge in [-0.1, -0.05) is 42.1 Å². The lowest BCUT2D eigenvalue weighted by Crippen LogP contribution is -2.35. The molecule has 0 saturated carbocycles. The van der Waals surface area contributed by atoms with Crippen molar-refractivity contribution in [3.8, 4) is 5.75 Å². The van der Waals surface area contributed by atoms with Gasteiger partial charge in [0.1, 0.15) is 5.75 Å². The van der Waals surface area contributed by atoms with Crippen molar-refractivity contribution in [2.24, 2.45) is 4.99 Å². The van der Waals surface area contributed by atoms with E-state index in [1.807, 2.05) is 37.3 Å². The molecule has 160 valence electrons. The summed E-state index contributed by atoms with van der Waals surface area (Å²) in [6.07, 6.45) is 0.0706. The number of nitrogens with one attached hydrogen (secondary N) is 1. The zero-order valence-electron chi connectivity index (χ0n) is 16.8. The molecule has 2 aromatic carbocycles. The molecule has 1 aliphatic rings. The monoisotopic (exact) mass is 447 g/mol. The molecule has 0 bridgehead atoms. The quantitative estimate of drug-likeness (QED) is 0.639. The smallest absolute Gasteiger partial charge is 0.240 e. The maximum atomic E-state index is 12.6. The minimum atomic E-state index is -3.68. The van der Waals surface area contributed by atoms with Crippen LogP contribution in [0.1, 0.15) is 18.9 Å². The molecule has 0 spiro atoms. The van der Waals surface area contributed by atoms with E-state index in [-0.39, 0.29) is 23.8 Å². The summed E-state index contributed by atoms with van der Waals surface area (Å²) in [5.41, 5.74) is 1.08. The van der Waals surface area contributed by atoms with Crippen LogP contribution in [0, 0.1) is 0 Å². The summed E-state index contributed by atoms with van der Waals surface area (Å²) in [6, 6.07) is 16.0. The van der Waals surface area contributed by atoms with Crippen molar-refractivity contribution in [1.82, 2.24) is 9.62 Å². The first-order valence-corrected chi connectivity index (χ1v) is 12.2. The van der Waals surface area contributed by atoms with Gasteiger partial charge in [0, 0.05) is 25.3 Å². The second kappa shape index (κ2) is 10.6. The van der Waals surface area contributed by atoms with Crippen LogP contribution in [0.4, 0.5) is 0 Å². The van der Waals surface area contributed by atoms with E-state index in [2.05, 4.69) is 9.71 Å². The van der Waals surface area contributed by atoms with E-state index < -0.39 is 10.0 Å². The van der Waals surface area contributed by atoms with Crippen molar-refractivity contribution >= 4 is 32.9 Å². The summed E-state index contributed by atoms with van der Waals surface area (Å²) in [5.74, 6) is 1.26. The number of hydrogen-bond donors (Lipinski definition) is 1.